The minimum Gasteiger partial charge on any atom is -0.465 e. The summed E-state index contributed by atoms with van der Waals surface area (Å²) in [6.07, 6.45) is 0.667. The zero-order valence-corrected chi connectivity index (χ0v) is 9.58. The van der Waals surface area contributed by atoms with Gasteiger partial charge in [0.15, 0.2) is 0 Å². The van der Waals surface area contributed by atoms with Crippen molar-refractivity contribution in [2.75, 3.05) is 0 Å². The van der Waals surface area contributed by atoms with Crippen LogP contribution in [0.5, 0.6) is 0 Å². The van der Waals surface area contributed by atoms with E-state index in [0.717, 1.165) is 24.5 Å². The van der Waals surface area contributed by atoms with E-state index in [1.54, 1.807) is 0 Å². The number of aliphatic hydroxyl groups excluding tert-OH is 1. The van der Waals surface area contributed by atoms with E-state index in [2.05, 4.69) is 19.2 Å². The lowest BCUT2D eigenvalue weighted by atomic mass is 9.64. The van der Waals surface area contributed by atoms with Crippen molar-refractivity contribution in [3.63, 3.8) is 0 Å². The van der Waals surface area contributed by atoms with E-state index in [-0.39, 0.29) is 11.5 Å². The largest absolute Gasteiger partial charge is 0.465 e. The number of rotatable bonds is 3. The molecule has 0 spiro atoms. The first-order valence-electron chi connectivity index (χ1n) is 5.47. The van der Waals surface area contributed by atoms with E-state index < -0.39 is 0 Å². The summed E-state index contributed by atoms with van der Waals surface area (Å²) in [6, 6.07) is 4.35. The molecule has 1 heterocycles. The maximum atomic E-state index is 9.58. The summed E-state index contributed by atoms with van der Waals surface area (Å²) in [6.45, 7) is 6.87. The SMILES string of the molecule is Cc1ccc(CNC2CC(O)C2(C)C)o1. The van der Waals surface area contributed by atoms with Gasteiger partial charge in [-0.15, -0.1) is 0 Å². The summed E-state index contributed by atoms with van der Waals surface area (Å²) in [5, 5.41) is 13.0. The van der Waals surface area contributed by atoms with Crippen LogP contribution in [0.2, 0.25) is 0 Å². The first kappa shape index (κ1) is 10.7. The van der Waals surface area contributed by atoms with Crippen molar-refractivity contribution in [1.29, 1.82) is 0 Å². The average molecular weight is 209 g/mol. The molecular weight excluding hydrogens is 190 g/mol. The molecule has 1 aliphatic carbocycles. The van der Waals surface area contributed by atoms with Crippen LogP contribution in [0, 0.1) is 12.3 Å². The van der Waals surface area contributed by atoms with Crippen LogP contribution in [0.4, 0.5) is 0 Å². The molecule has 0 aliphatic heterocycles. The lowest BCUT2D eigenvalue weighted by molar-refractivity contribution is -0.0734. The molecule has 2 unspecified atom stereocenters. The Morgan fingerprint density at radius 3 is 2.73 bits per heavy atom. The van der Waals surface area contributed by atoms with Gasteiger partial charge < -0.3 is 14.8 Å². The molecule has 3 nitrogen and oxygen atoms in total. The zero-order valence-electron chi connectivity index (χ0n) is 9.58. The van der Waals surface area contributed by atoms with Gasteiger partial charge >= 0.3 is 0 Å². The van der Waals surface area contributed by atoms with E-state index in [0.29, 0.717) is 6.04 Å². The number of aliphatic hydroxyl groups is 1. The second-order valence-electron chi connectivity index (χ2n) is 5.02. The number of nitrogens with one attached hydrogen (secondary N) is 1. The Morgan fingerprint density at radius 1 is 1.53 bits per heavy atom. The van der Waals surface area contributed by atoms with Crippen LogP contribution in [-0.2, 0) is 6.54 Å². The van der Waals surface area contributed by atoms with Gasteiger partial charge in [0, 0.05) is 11.5 Å². The van der Waals surface area contributed by atoms with Crippen molar-refractivity contribution in [2.24, 2.45) is 5.41 Å². The third-order valence-corrected chi connectivity index (χ3v) is 3.53. The molecule has 0 saturated heterocycles. The highest BCUT2D eigenvalue weighted by molar-refractivity contribution is 5.07. The highest BCUT2D eigenvalue weighted by atomic mass is 16.3. The van der Waals surface area contributed by atoms with Gasteiger partial charge in [0.25, 0.3) is 0 Å². The Bertz CT molecular complexity index is 343. The summed E-state index contributed by atoms with van der Waals surface area (Å²) in [5.41, 5.74) is -0.0123. The molecule has 0 radical (unpaired) electrons. The summed E-state index contributed by atoms with van der Waals surface area (Å²) in [5.74, 6) is 1.91. The van der Waals surface area contributed by atoms with Crippen molar-refractivity contribution < 1.29 is 9.52 Å². The number of aryl methyl sites for hydroxylation is 1. The Hall–Kier alpha value is -0.800. The van der Waals surface area contributed by atoms with Crippen LogP contribution >= 0.6 is 0 Å². The average Bonchev–Trinajstić information content (AvgIpc) is 2.58. The first-order chi connectivity index (χ1) is 7.00. The molecule has 1 fully saturated rings. The first-order valence-corrected chi connectivity index (χ1v) is 5.47. The molecule has 0 bridgehead atoms. The van der Waals surface area contributed by atoms with Crippen LogP contribution in [-0.4, -0.2) is 17.3 Å². The fourth-order valence-electron chi connectivity index (χ4n) is 2.05. The number of furan rings is 1. The lowest BCUT2D eigenvalue weighted by Crippen LogP contribution is -2.59. The van der Waals surface area contributed by atoms with Crippen molar-refractivity contribution in [2.45, 2.75) is 45.9 Å². The quantitative estimate of drug-likeness (QED) is 0.798. The van der Waals surface area contributed by atoms with Crippen molar-refractivity contribution in [1.82, 2.24) is 5.32 Å². The van der Waals surface area contributed by atoms with Gasteiger partial charge in [-0.25, -0.2) is 0 Å². The summed E-state index contributed by atoms with van der Waals surface area (Å²) >= 11 is 0. The minimum absolute atomic E-state index is 0.0123. The topological polar surface area (TPSA) is 45.4 Å². The molecule has 15 heavy (non-hydrogen) atoms. The highest BCUT2D eigenvalue weighted by Crippen LogP contribution is 2.40. The Balaban J connectivity index is 1.85. The van der Waals surface area contributed by atoms with Gasteiger partial charge in [-0.2, -0.15) is 0 Å². The third kappa shape index (κ3) is 1.94. The molecule has 0 amide bonds. The van der Waals surface area contributed by atoms with E-state index >= 15 is 0 Å². The van der Waals surface area contributed by atoms with Gasteiger partial charge in [-0.1, -0.05) is 13.8 Å². The van der Waals surface area contributed by atoms with Crippen LogP contribution in [0.15, 0.2) is 16.5 Å². The van der Waals surface area contributed by atoms with Gasteiger partial charge in [0.1, 0.15) is 11.5 Å². The molecule has 1 saturated carbocycles. The number of hydrogen-bond donors (Lipinski definition) is 2. The van der Waals surface area contributed by atoms with E-state index in [1.807, 2.05) is 19.1 Å². The molecule has 0 aromatic carbocycles. The molecule has 1 aliphatic rings. The van der Waals surface area contributed by atoms with Crippen LogP contribution in [0.25, 0.3) is 0 Å². The third-order valence-electron chi connectivity index (χ3n) is 3.53. The predicted molar refractivity (Wildman–Crippen MR) is 58.5 cm³/mol. The molecule has 1 aromatic heterocycles. The normalized spacial score (nSPS) is 28.8. The molecular formula is C12H19NO2. The maximum Gasteiger partial charge on any atom is 0.117 e. The molecule has 2 N–H and O–H groups in total. The lowest BCUT2D eigenvalue weighted by Gasteiger charge is -2.49. The highest BCUT2D eigenvalue weighted by Gasteiger charge is 2.46. The van der Waals surface area contributed by atoms with E-state index in [1.165, 1.54) is 0 Å². The van der Waals surface area contributed by atoms with E-state index in [9.17, 15) is 5.11 Å². The molecule has 2 rings (SSSR count). The summed E-state index contributed by atoms with van der Waals surface area (Å²) < 4.78 is 5.47. The second-order valence-corrected chi connectivity index (χ2v) is 5.02. The Morgan fingerprint density at radius 2 is 2.27 bits per heavy atom. The predicted octanol–water partition coefficient (Wildman–Crippen LogP) is 1.84. The van der Waals surface area contributed by atoms with Crippen LogP contribution in [0.1, 0.15) is 31.8 Å². The van der Waals surface area contributed by atoms with Crippen molar-refractivity contribution >= 4 is 0 Å². The Kier molecular flexibility index (Phi) is 2.61. The fraction of sp³-hybridized carbons (Fsp3) is 0.667. The molecule has 1 aromatic rings. The fourth-order valence-corrected chi connectivity index (χ4v) is 2.05. The molecule has 84 valence electrons. The summed E-state index contributed by atoms with van der Waals surface area (Å²) in [7, 11) is 0. The monoisotopic (exact) mass is 209 g/mol. The van der Waals surface area contributed by atoms with Crippen LogP contribution < -0.4 is 5.32 Å². The van der Waals surface area contributed by atoms with Crippen molar-refractivity contribution in [3.05, 3.63) is 23.7 Å². The van der Waals surface area contributed by atoms with E-state index in [4.69, 9.17) is 4.42 Å². The van der Waals surface area contributed by atoms with Crippen molar-refractivity contribution in [3.8, 4) is 0 Å². The molecule has 2 atom stereocenters. The number of hydrogen-bond acceptors (Lipinski definition) is 3. The van der Waals surface area contributed by atoms with Crippen LogP contribution in [0.3, 0.4) is 0 Å². The maximum absolute atomic E-state index is 9.58. The minimum atomic E-state index is -0.173. The standard InChI is InChI=1S/C12H19NO2/c1-8-4-5-9(15-8)7-13-10-6-11(14)12(10,2)3/h4-5,10-11,13-14H,6-7H2,1-3H3. The summed E-state index contributed by atoms with van der Waals surface area (Å²) in [4.78, 5) is 0. The van der Waals surface area contributed by atoms with Gasteiger partial charge in [0.2, 0.25) is 0 Å². The zero-order chi connectivity index (χ0) is 11.1. The van der Waals surface area contributed by atoms with Gasteiger partial charge in [-0.3, -0.25) is 0 Å². The smallest absolute Gasteiger partial charge is 0.117 e. The second kappa shape index (κ2) is 3.65. The van der Waals surface area contributed by atoms with Gasteiger partial charge in [0.05, 0.1) is 12.6 Å². The molecule has 3 heteroatoms. The Labute approximate surface area is 90.5 Å². The van der Waals surface area contributed by atoms with Gasteiger partial charge in [-0.05, 0) is 25.5 Å².